The van der Waals surface area contributed by atoms with Crippen molar-refractivity contribution in [2.75, 3.05) is 10.6 Å². The first-order valence-electron chi connectivity index (χ1n) is 6.90. The van der Waals surface area contributed by atoms with E-state index in [1.807, 2.05) is 32.0 Å². The highest BCUT2D eigenvalue weighted by Gasteiger charge is 2.30. The fourth-order valence-electron chi connectivity index (χ4n) is 2.20. The number of hydrogen-bond donors (Lipinski definition) is 2. The standard InChI is InChI=1S/C15H22N2O2/c1-5-10(4)13-15(18)17-14-11(16-13)7-6-8-12(14)19-9(2)3/h6-10,13,16H,5H2,1-4H3,(H,17,18). The van der Waals surface area contributed by atoms with Crippen molar-refractivity contribution in [3.63, 3.8) is 0 Å². The molecule has 2 rings (SSSR count). The van der Waals surface area contributed by atoms with Gasteiger partial charge in [-0.1, -0.05) is 26.3 Å². The normalized spacial score (nSPS) is 19.4. The molecule has 19 heavy (non-hydrogen) atoms. The number of amides is 1. The van der Waals surface area contributed by atoms with E-state index in [1.54, 1.807) is 0 Å². The van der Waals surface area contributed by atoms with E-state index < -0.39 is 0 Å². The average Bonchev–Trinajstić information content (AvgIpc) is 2.37. The van der Waals surface area contributed by atoms with Gasteiger partial charge in [-0.05, 0) is 31.9 Å². The highest BCUT2D eigenvalue weighted by Crippen LogP contribution is 2.37. The molecule has 4 nitrogen and oxygen atoms in total. The zero-order valence-electron chi connectivity index (χ0n) is 12.0. The van der Waals surface area contributed by atoms with Gasteiger partial charge in [-0.15, -0.1) is 0 Å². The van der Waals surface area contributed by atoms with E-state index in [4.69, 9.17) is 4.74 Å². The van der Waals surface area contributed by atoms with Gasteiger partial charge < -0.3 is 15.4 Å². The number of para-hydroxylation sites is 1. The van der Waals surface area contributed by atoms with Crippen LogP contribution in [0.2, 0.25) is 0 Å². The van der Waals surface area contributed by atoms with Crippen LogP contribution >= 0.6 is 0 Å². The Labute approximate surface area is 114 Å². The first-order chi connectivity index (χ1) is 9.02. The van der Waals surface area contributed by atoms with Gasteiger partial charge in [0.25, 0.3) is 0 Å². The highest BCUT2D eigenvalue weighted by molar-refractivity contribution is 6.04. The first-order valence-corrected chi connectivity index (χ1v) is 6.90. The SMILES string of the molecule is CCC(C)C1Nc2cccc(OC(C)C)c2NC1=O. The smallest absolute Gasteiger partial charge is 0.247 e. The third-order valence-electron chi connectivity index (χ3n) is 3.44. The Kier molecular flexibility index (Phi) is 3.98. The quantitative estimate of drug-likeness (QED) is 0.875. The molecule has 1 aliphatic heterocycles. The Balaban J connectivity index is 2.29. The summed E-state index contributed by atoms with van der Waals surface area (Å²) in [7, 11) is 0. The number of carbonyl (C=O) groups is 1. The van der Waals surface area contributed by atoms with Crippen LogP contribution in [0.3, 0.4) is 0 Å². The molecule has 2 unspecified atom stereocenters. The highest BCUT2D eigenvalue weighted by atomic mass is 16.5. The predicted molar refractivity (Wildman–Crippen MR) is 77.7 cm³/mol. The van der Waals surface area contributed by atoms with Crippen LogP contribution in [0.25, 0.3) is 0 Å². The van der Waals surface area contributed by atoms with E-state index in [0.29, 0.717) is 5.92 Å². The van der Waals surface area contributed by atoms with Crippen molar-refractivity contribution in [1.29, 1.82) is 0 Å². The summed E-state index contributed by atoms with van der Waals surface area (Å²) in [6.45, 7) is 8.11. The zero-order chi connectivity index (χ0) is 14.0. The fraction of sp³-hybridized carbons (Fsp3) is 0.533. The van der Waals surface area contributed by atoms with Gasteiger partial charge >= 0.3 is 0 Å². The number of ether oxygens (including phenoxy) is 1. The summed E-state index contributed by atoms with van der Waals surface area (Å²) in [6, 6.07) is 5.61. The summed E-state index contributed by atoms with van der Waals surface area (Å²) in [6.07, 6.45) is 1.04. The second-order valence-corrected chi connectivity index (χ2v) is 5.34. The van der Waals surface area contributed by atoms with Crippen LogP contribution < -0.4 is 15.4 Å². The molecule has 0 aromatic heterocycles. The first kappa shape index (κ1) is 13.7. The lowest BCUT2D eigenvalue weighted by Crippen LogP contribution is -2.43. The van der Waals surface area contributed by atoms with E-state index in [-0.39, 0.29) is 18.1 Å². The van der Waals surface area contributed by atoms with Gasteiger partial charge in [-0.3, -0.25) is 4.79 Å². The van der Waals surface area contributed by atoms with Crippen LogP contribution in [-0.4, -0.2) is 18.1 Å². The molecule has 0 fully saturated rings. The van der Waals surface area contributed by atoms with Crippen molar-refractivity contribution in [2.45, 2.75) is 46.3 Å². The van der Waals surface area contributed by atoms with Crippen LogP contribution in [0.4, 0.5) is 11.4 Å². The molecule has 0 radical (unpaired) electrons. The largest absolute Gasteiger partial charge is 0.489 e. The molecule has 2 atom stereocenters. The Hall–Kier alpha value is -1.71. The lowest BCUT2D eigenvalue weighted by Gasteiger charge is -2.31. The fourth-order valence-corrected chi connectivity index (χ4v) is 2.20. The monoisotopic (exact) mass is 262 g/mol. The molecule has 2 N–H and O–H groups in total. The lowest BCUT2D eigenvalue weighted by atomic mass is 9.96. The maximum absolute atomic E-state index is 12.2. The van der Waals surface area contributed by atoms with Gasteiger partial charge in [0.2, 0.25) is 5.91 Å². The maximum Gasteiger partial charge on any atom is 0.247 e. The average molecular weight is 262 g/mol. The number of nitrogens with one attached hydrogen (secondary N) is 2. The zero-order valence-corrected chi connectivity index (χ0v) is 12.0. The Morgan fingerprint density at radius 2 is 2.05 bits per heavy atom. The van der Waals surface area contributed by atoms with Crippen LogP contribution in [0.15, 0.2) is 18.2 Å². The summed E-state index contributed by atoms with van der Waals surface area (Å²) in [5, 5.41) is 6.29. The van der Waals surface area contributed by atoms with E-state index in [2.05, 4.69) is 24.5 Å². The molecule has 1 amide bonds. The molecule has 1 aromatic rings. The lowest BCUT2D eigenvalue weighted by molar-refractivity contribution is -0.118. The van der Waals surface area contributed by atoms with Crippen LogP contribution in [0.1, 0.15) is 34.1 Å². The molecule has 0 bridgehead atoms. The van der Waals surface area contributed by atoms with Crippen molar-refractivity contribution in [3.05, 3.63) is 18.2 Å². The Bertz CT molecular complexity index is 471. The topological polar surface area (TPSA) is 50.4 Å². The molecule has 4 heteroatoms. The van der Waals surface area contributed by atoms with Crippen LogP contribution in [0, 0.1) is 5.92 Å². The van der Waals surface area contributed by atoms with Gasteiger partial charge in [0.1, 0.15) is 17.5 Å². The minimum atomic E-state index is -0.174. The minimum Gasteiger partial charge on any atom is -0.489 e. The van der Waals surface area contributed by atoms with Crippen LogP contribution in [0.5, 0.6) is 5.75 Å². The molecule has 0 aliphatic carbocycles. The molecule has 1 aliphatic rings. The molecule has 104 valence electrons. The summed E-state index contributed by atoms with van der Waals surface area (Å²) in [5.41, 5.74) is 1.68. The van der Waals surface area contributed by atoms with Crippen molar-refractivity contribution < 1.29 is 9.53 Å². The van der Waals surface area contributed by atoms with E-state index >= 15 is 0 Å². The Morgan fingerprint density at radius 1 is 1.32 bits per heavy atom. The molecule has 1 aromatic carbocycles. The van der Waals surface area contributed by atoms with Crippen LogP contribution in [-0.2, 0) is 4.79 Å². The molecule has 0 saturated carbocycles. The maximum atomic E-state index is 12.2. The molecular weight excluding hydrogens is 240 g/mol. The second kappa shape index (κ2) is 5.51. The van der Waals surface area contributed by atoms with Gasteiger partial charge in [-0.25, -0.2) is 0 Å². The number of fused-ring (bicyclic) bond motifs is 1. The van der Waals surface area contributed by atoms with Crippen molar-refractivity contribution >= 4 is 17.3 Å². The van der Waals surface area contributed by atoms with Gasteiger partial charge in [0.05, 0.1) is 11.8 Å². The molecule has 0 spiro atoms. The number of anilines is 2. The molecular formula is C15H22N2O2. The number of carbonyl (C=O) groups excluding carboxylic acids is 1. The third kappa shape index (κ3) is 2.83. The molecule has 1 heterocycles. The molecule has 0 saturated heterocycles. The minimum absolute atomic E-state index is 0.0154. The Morgan fingerprint density at radius 3 is 2.68 bits per heavy atom. The van der Waals surface area contributed by atoms with Crippen molar-refractivity contribution in [3.8, 4) is 5.75 Å². The summed E-state index contributed by atoms with van der Waals surface area (Å²) in [4.78, 5) is 12.2. The van der Waals surface area contributed by atoms with E-state index in [0.717, 1.165) is 23.5 Å². The second-order valence-electron chi connectivity index (χ2n) is 5.34. The summed E-state index contributed by atoms with van der Waals surface area (Å²) >= 11 is 0. The van der Waals surface area contributed by atoms with Crippen molar-refractivity contribution in [1.82, 2.24) is 0 Å². The number of benzene rings is 1. The van der Waals surface area contributed by atoms with Crippen molar-refractivity contribution in [2.24, 2.45) is 5.92 Å². The number of rotatable bonds is 4. The van der Waals surface area contributed by atoms with Gasteiger partial charge in [0, 0.05) is 0 Å². The van der Waals surface area contributed by atoms with Gasteiger partial charge in [-0.2, -0.15) is 0 Å². The summed E-state index contributed by atoms with van der Waals surface area (Å²) in [5.74, 6) is 1.03. The summed E-state index contributed by atoms with van der Waals surface area (Å²) < 4.78 is 5.73. The predicted octanol–water partition coefficient (Wildman–Crippen LogP) is 3.25. The third-order valence-corrected chi connectivity index (χ3v) is 3.44. The van der Waals surface area contributed by atoms with Gasteiger partial charge in [0.15, 0.2) is 0 Å². The number of hydrogen-bond acceptors (Lipinski definition) is 3. The van der Waals surface area contributed by atoms with E-state index in [9.17, 15) is 4.79 Å². The van der Waals surface area contributed by atoms with E-state index in [1.165, 1.54) is 0 Å².